The van der Waals surface area contributed by atoms with Crippen molar-refractivity contribution >= 4 is 24.6 Å². The molecule has 0 fully saturated rings. The monoisotopic (exact) mass is 209 g/mol. The molecule has 0 aromatic carbocycles. The molecule has 1 heterocycles. The van der Waals surface area contributed by atoms with Crippen molar-refractivity contribution in [1.29, 1.82) is 0 Å². The van der Waals surface area contributed by atoms with Gasteiger partial charge in [-0.1, -0.05) is 7.43 Å². The fraction of sp³-hybridized carbons (Fsp3) is 0.571. The Balaban J connectivity index is 0. The minimum absolute atomic E-state index is 0. The number of halogens is 1. The number of aromatic amines is 2. The lowest BCUT2D eigenvalue weighted by Gasteiger charge is -1.91. The van der Waals surface area contributed by atoms with Crippen molar-refractivity contribution in [3.63, 3.8) is 0 Å². The second-order valence-electron chi connectivity index (χ2n) is 2.16. The molecule has 3 nitrogen and oxygen atoms in total. The summed E-state index contributed by atoms with van der Waals surface area (Å²) in [6, 6.07) is 0. The second kappa shape index (κ2) is 7.34. The van der Waals surface area contributed by atoms with E-state index in [9.17, 15) is 0 Å². The van der Waals surface area contributed by atoms with Gasteiger partial charge in [0.1, 0.15) is 0 Å². The highest BCUT2D eigenvalue weighted by Gasteiger charge is 1.91. The predicted octanol–water partition coefficient (Wildman–Crippen LogP) is 2.02. The number of H-pyrrole nitrogens is 2. The summed E-state index contributed by atoms with van der Waals surface area (Å²) in [6.07, 6.45) is 3.87. The zero-order valence-corrected chi connectivity index (χ0v) is 7.73. The third kappa shape index (κ3) is 4.54. The minimum Gasteiger partial charge on any atom is -0.337 e. The fourth-order valence-electron chi connectivity index (χ4n) is 0.798. The Bertz CT molecular complexity index is 243. The summed E-state index contributed by atoms with van der Waals surface area (Å²) < 4.78 is 0.687. The van der Waals surface area contributed by atoms with Crippen LogP contribution in [0.5, 0.6) is 0 Å². The van der Waals surface area contributed by atoms with Crippen LogP contribution in [0.25, 0.3) is 0 Å². The van der Waals surface area contributed by atoms with Gasteiger partial charge in [0.25, 0.3) is 0 Å². The molecule has 1 aromatic heterocycles. The summed E-state index contributed by atoms with van der Waals surface area (Å²) in [6.45, 7) is 0.728. The maximum Gasteiger partial charge on any atom is 0.174 e. The second-order valence-corrected chi connectivity index (χ2v) is 2.57. The van der Waals surface area contributed by atoms with Gasteiger partial charge < -0.3 is 15.7 Å². The van der Waals surface area contributed by atoms with Crippen LogP contribution < -0.4 is 5.73 Å². The van der Waals surface area contributed by atoms with Gasteiger partial charge in [0.15, 0.2) is 4.77 Å². The molecule has 0 aliphatic carbocycles. The molecule has 1 aromatic rings. The normalized spacial score (nSPS) is 8.42. The first-order chi connectivity index (χ1) is 4.83. The Morgan fingerprint density at radius 2 is 2.17 bits per heavy atom. The van der Waals surface area contributed by atoms with Crippen LogP contribution in [-0.4, -0.2) is 16.5 Å². The van der Waals surface area contributed by atoms with E-state index < -0.39 is 0 Å². The highest BCUT2D eigenvalue weighted by Crippen LogP contribution is 1.95. The average molecular weight is 210 g/mol. The van der Waals surface area contributed by atoms with E-state index in [0.29, 0.717) is 4.77 Å². The number of aromatic nitrogens is 2. The van der Waals surface area contributed by atoms with Gasteiger partial charge >= 0.3 is 0 Å². The van der Waals surface area contributed by atoms with Gasteiger partial charge in [0, 0.05) is 11.9 Å². The lowest BCUT2D eigenvalue weighted by molar-refractivity contribution is 0.815. The lowest BCUT2D eigenvalue weighted by Crippen LogP contribution is -2.00. The van der Waals surface area contributed by atoms with Gasteiger partial charge in [0.2, 0.25) is 0 Å². The van der Waals surface area contributed by atoms with Crippen molar-refractivity contribution in [2.75, 3.05) is 6.54 Å². The van der Waals surface area contributed by atoms with Crippen molar-refractivity contribution < 1.29 is 0 Å². The number of nitrogens with one attached hydrogen (secondary N) is 2. The molecule has 0 saturated heterocycles. The molecule has 0 unspecified atom stereocenters. The predicted molar refractivity (Wildman–Crippen MR) is 57.3 cm³/mol. The zero-order valence-electron chi connectivity index (χ0n) is 6.09. The van der Waals surface area contributed by atoms with Crippen molar-refractivity contribution in [3.8, 4) is 0 Å². The van der Waals surface area contributed by atoms with Crippen LogP contribution >= 0.6 is 24.6 Å². The molecule has 4 N–H and O–H groups in total. The molecule has 0 radical (unpaired) electrons. The third-order valence-corrected chi connectivity index (χ3v) is 1.52. The molecular weight excluding hydrogens is 194 g/mol. The first kappa shape index (κ1) is 14.2. The summed E-state index contributed by atoms with van der Waals surface area (Å²) in [5.41, 5.74) is 6.47. The Kier molecular flexibility index (Phi) is 8.69. The summed E-state index contributed by atoms with van der Waals surface area (Å²) in [5.74, 6) is 0. The number of aryl methyl sites for hydroxylation is 1. The van der Waals surface area contributed by atoms with Crippen LogP contribution in [0.1, 0.15) is 19.5 Å². The molecule has 0 saturated carbocycles. The Hall–Kier alpha value is -0.320. The highest BCUT2D eigenvalue weighted by atomic mass is 35.5. The van der Waals surface area contributed by atoms with Crippen LogP contribution in [0.2, 0.25) is 0 Å². The Morgan fingerprint density at radius 3 is 2.58 bits per heavy atom. The molecule has 5 heteroatoms. The van der Waals surface area contributed by atoms with Gasteiger partial charge in [-0.15, -0.1) is 12.4 Å². The number of hydrogen-bond donors (Lipinski definition) is 3. The average Bonchev–Trinajstić information content (AvgIpc) is 2.31. The molecule has 12 heavy (non-hydrogen) atoms. The summed E-state index contributed by atoms with van der Waals surface area (Å²) >= 11 is 4.84. The minimum atomic E-state index is 0. The number of hydrogen-bond acceptors (Lipinski definition) is 2. The van der Waals surface area contributed by atoms with E-state index in [1.54, 1.807) is 0 Å². The molecule has 72 valence electrons. The first-order valence-corrected chi connectivity index (χ1v) is 3.70. The lowest BCUT2D eigenvalue weighted by atomic mass is 10.2. The van der Waals surface area contributed by atoms with E-state index in [1.807, 2.05) is 6.20 Å². The van der Waals surface area contributed by atoms with Gasteiger partial charge in [-0.2, -0.15) is 0 Å². The Morgan fingerprint density at radius 1 is 1.50 bits per heavy atom. The SMILES string of the molecule is C.Cl.NCCCc1c[nH]c(=S)[nH]1. The van der Waals surface area contributed by atoms with Gasteiger partial charge in [-0.05, 0) is 31.6 Å². The zero-order chi connectivity index (χ0) is 7.40. The van der Waals surface area contributed by atoms with Gasteiger partial charge in [0.05, 0.1) is 0 Å². The van der Waals surface area contributed by atoms with Crippen molar-refractivity contribution in [3.05, 3.63) is 16.7 Å². The van der Waals surface area contributed by atoms with E-state index in [4.69, 9.17) is 18.0 Å². The van der Waals surface area contributed by atoms with E-state index in [-0.39, 0.29) is 19.8 Å². The van der Waals surface area contributed by atoms with E-state index >= 15 is 0 Å². The van der Waals surface area contributed by atoms with Crippen LogP contribution in [0.4, 0.5) is 0 Å². The topological polar surface area (TPSA) is 57.6 Å². The van der Waals surface area contributed by atoms with Gasteiger partial charge in [-0.25, -0.2) is 0 Å². The molecule has 0 spiro atoms. The standard InChI is InChI=1S/C6H11N3S.CH4.ClH/c7-3-1-2-5-4-8-6(10)9-5;;/h4H,1-3,7H2,(H2,8,9,10);1H4;1H. The molecular formula is C7H16ClN3S. The smallest absolute Gasteiger partial charge is 0.174 e. The molecule has 1 rings (SSSR count). The molecule has 0 bridgehead atoms. The molecule has 0 aliphatic rings. The van der Waals surface area contributed by atoms with Crippen molar-refractivity contribution in [1.82, 2.24) is 9.97 Å². The fourth-order valence-corrected chi connectivity index (χ4v) is 0.988. The van der Waals surface area contributed by atoms with Gasteiger partial charge in [-0.3, -0.25) is 0 Å². The maximum absolute atomic E-state index is 5.33. The van der Waals surface area contributed by atoms with Crippen LogP contribution in [0, 0.1) is 4.77 Å². The van der Waals surface area contributed by atoms with Crippen molar-refractivity contribution in [2.45, 2.75) is 20.3 Å². The molecule has 0 amide bonds. The van der Waals surface area contributed by atoms with E-state index in [2.05, 4.69) is 9.97 Å². The largest absolute Gasteiger partial charge is 0.337 e. The number of rotatable bonds is 3. The van der Waals surface area contributed by atoms with Crippen LogP contribution in [0.3, 0.4) is 0 Å². The quantitative estimate of drug-likeness (QED) is 0.668. The first-order valence-electron chi connectivity index (χ1n) is 3.29. The summed E-state index contributed by atoms with van der Waals surface area (Å²) in [4.78, 5) is 5.91. The van der Waals surface area contributed by atoms with E-state index in [0.717, 1.165) is 25.1 Å². The van der Waals surface area contributed by atoms with Crippen LogP contribution in [0.15, 0.2) is 6.20 Å². The van der Waals surface area contributed by atoms with Crippen LogP contribution in [-0.2, 0) is 6.42 Å². The summed E-state index contributed by atoms with van der Waals surface area (Å²) in [5, 5.41) is 0. The van der Waals surface area contributed by atoms with E-state index in [1.165, 1.54) is 0 Å². The maximum atomic E-state index is 5.33. The molecule has 0 aliphatic heterocycles. The van der Waals surface area contributed by atoms with Crippen molar-refractivity contribution in [2.24, 2.45) is 5.73 Å². The number of imidazole rings is 1. The molecule has 0 atom stereocenters. The number of nitrogens with two attached hydrogens (primary N) is 1. The Labute approximate surface area is 84.2 Å². The highest BCUT2D eigenvalue weighted by molar-refractivity contribution is 7.71. The summed E-state index contributed by atoms with van der Waals surface area (Å²) in [7, 11) is 0. The third-order valence-electron chi connectivity index (χ3n) is 1.30.